The van der Waals surface area contributed by atoms with Gasteiger partial charge >= 0.3 is 0 Å². The van der Waals surface area contributed by atoms with Crippen molar-refractivity contribution in [3.8, 4) is 11.1 Å². The van der Waals surface area contributed by atoms with Crippen molar-refractivity contribution in [2.75, 3.05) is 31.1 Å². The van der Waals surface area contributed by atoms with Gasteiger partial charge in [-0.1, -0.05) is 36.4 Å². The first-order valence-electron chi connectivity index (χ1n) is 10.2. The average molecular weight is 470 g/mol. The topological polar surface area (TPSA) is 136 Å². The Kier molecular flexibility index (Phi) is 6.65. The lowest BCUT2D eigenvalue weighted by atomic mass is 10.0. The average Bonchev–Trinajstić information content (AvgIpc) is 2.88. The molecule has 172 valence electrons. The first-order valence-corrected chi connectivity index (χ1v) is 11.7. The normalized spacial score (nSPS) is 14.8. The number of aliphatic hydroxyl groups is 1. The van der Waals surface area contributed by atoms with Crippen molar-refractivity contribution in [3.63, 3.8) is 0 Å². The SMILES string of the molecule is O=C(NO)c1cnc(N2CCN(S(=O)(=O)c3ccc(-c4ccc(CO)cc4)cc3)CC2)nc1. The van der Waals surface area contributed by atoms with Crippen LogP contribution in [0.25, 0.3) is 11.1 Å². The number of hydrogen-bond acceptors (Lipinski definition) is 8. The smallest absolute Gasteiger partial charge is 0.277 e. The number of nitrogens with one attached hydrogen (secondary N) is 1. The maximum absolute atomic E-state index is 13.1. The number of rotatable bonds is 6. The van der Waals surface area contributed by atoms with Crippen molar-refractivity contribution in [2.45, 2.75) is 11.5 Å². The Labute approximate surface area is 191 Å². The number of hydroxylamine groups is 1. The van der Waals surface area contributed by atoms with Gasteiger partial charge in [0, 0.05) is 38.6 Å². The summed E-state index contributed by atoms with van der Waals surface area (Å²) in [7, 11) is -3.65. The molecule has 3 aromatic rings. The summed E-state index contributed by atoms with van der Waals surface area (Å²) in [6, 6.07) is 14.2. The molecule has 0 unspecified atom stereocenters. The highest BCUT2D eigenvalue weighted by molar-refractivity contribution is 7.89. The summed E-state index contributed by atoms with van der Waals surface area (Å²) in [5, 5.41) is 17.8. The molecule has 11 heteroatoms. The van der Waals surface area contributed by atoms with Crippen LogP contribution >= 0.6 is 0 Å². The summed E-state index contributed by atoms with van der Waals surface area (Å²) in [5.74, 6) is -0.316. The van der Waals surface area contributed by atoms with Gasteiger partial charge in [0.25, 0.3) is 5.91 Å². The maximum atomic E-state index is 13.1. The molecule has 3 N–H and O–H groups in total. The van der Waals surface area contributed by atoms with Gasteiger partial charge in [-0.25, -0.2) is 23.9 Å². The summed E-state index contributed by atoms with van der Waals surface area (Å²) < 4.78 is 27.6. The van der Waals surface area contributed by atoms with Crippen LogP contribution < -0.4 is 10.4 Å². The summed E-state index contributed by atoms with van der Waals surface area (Å²) in [6.45, 7) is 1.33. The monoisotopic (exact) mass is 469 g/mol. The molecule has 2 aromatic carbocycles. The van der Waals surface area contributed by atoms with Crippen molar-refractivity contribution >= 4 is 21.9 Å². The number of carbonyl (C=O) groups excluding carboxylic acids is 1. The van der Waals surface area contributed by atoms with Gasteiger partial charge < -0.3 is 10.0 Å². The van der Waals surface area contributed by atoms with E-state index in [1.165, 1.54) is 22.2 Å². The highest BCUT2D eigenvalue weighted by atomic mass is 32.2. The number of amides is 1. The first-order chi connectivity index (χ1) is 15.9. The lowest BCUT2D eigenvalue weighted by Gasteiger charge is -2.34. The van der Waals surface area contributed by atoms with Gasteiger partial charge in [-0.2, -0.15) is 4.31 Å². The zero-order valence-corrected chi connectivity index (χ0v) is 18.4. The number of aromatic nitrogens is 2. The summed E-state index contributed by atoms with van der Waals surface area (Å²) in [5.41, 5.74) is 4.28. The van der Waals surface area contributed by atoms with E-state index in [1.54, 1.807) is 24.3 Å². The molecule has 0 saturated carbocycles. The highest BCUT2D eigenvalue weighted by Crippen LogP contribution is 2.24. The second-order valence-corrected chi connectivity index (χ2v) is 9.42. The highest BCUT2D eigenvalue weighted by Gasteiger charge is 2.29. The second-order valence-electron chi connectivity index (χ2n) is 7.48. The van der Waals surface area contributed by atoms with Crippen molar-refractivity contribution in [2.24, 2.45) is 0 Å². The largest absolute Gasteiger partial charge is 0.392 e. The Balaban J connectivity index is 1.41. The molecule has 0 bridgehead atoms. The fraction of sp³-hybridized carbons (Fsp3) is 0.227. The quantitative estimate of drug-likeness (QED) is 0.363. The van der Waals surface area contributed by atoms with Crippen LogP contribution in [0, 0.1) is 0 Å². The van der Waals surface area contributed by atoms with Crippen LogP contribution in [0.1, 0.15) is 15.9 Å². The van der Waals surface area contributed by atoms with E-state index in [0.29, 0.717) is 19.0 Å². The summed E-state index contributed by atoms with van der Waals surface area (Å²) >= 11 is 0. The standard InChI is InChI=1S/C22H23N5O5S/c28-15-16-1-3-17(4-2-16)18-5-7-20(8-6-18)33(31,32)27-11-9-26(10-12-27)22-23-13-19(14-24-22)21(29)25-30/h1-8,13-14,28,30H,9-12,15H2,(H,25,29). The van der Waals surface area contributed by atoms with Gasteiger partial charge in [-0.05, 0) is 28.8 Å². The molecule has 0 aliphatic carbocycles. The zero-order chi connectivity index (χ0) is 23.4. The molecular formula is C22H23N5O5S. The van der Waals surface area contributed by atoms with E-state index >= 15 is 0 Å². The molecule has 10 nitrogen and oxygen atoms in total. The van der Waals surface area contributed by atoms with E-state index in [1.807, 2.05) is 29.2 Å². The fourth-order valence-electron chi connectivity index (χ4n) is 3.57. The third-order valence-corrected chi connectivity index (χ3v) is 7.40. The van der Waals surface area contributed by atoms with Crippen LogP contribution in [0.2, 0.25) is 0 Å². The van der Waals surface area contributed by atoms with Gasteiger partial charge in [0.2, 0.25) is 16.0 Å². The van der Waals surface area contributed by atoms with Gasteiger partial charge in [-0.15, -0.1) is 0 Å². The second kappa shape index (κ2) is 9.63. The van der Waals surface area contributed by atoms with Crippen molar-refractivity contribution in [1.29, 1.82) is 0 Å². The van der Waals surface area contributed by atoms with Crippen LogP contribution in [0.15, 0.2) is 65.8 Å². The Morgan fingerprint density at radius 3 is 1.97 bits per heavy atom. The van der Waals surface area contributed by atoms with Crippen LogP contribution in [-0.2, 0) is 16.6 Å². The molecule has 1 amide bonds. The third-order valence-electron chi connectivity index (χ3n) is 5.49. The van der Waals surface area contributed by atoms with Crippen LogP contribution in [-0.4, -0.2) is 65.1 Å². The molecule has 4 rings (SSSR count). The number of nitrogens with zero attached hydrogens (tertiary/aromatic N) is 4. The molecule has 1 fully saturated rings. The van der Waals surface area contributed by atoms with Gasteiger partial charge in [0.05, 0.1) is 17.1 Å². The van der Waals surface area contributed by atoms with E-state index in [-0.39, 0.29) is 30.2 Å². The predicted octanol–water partition coefficient (Wildman–Crippen LogP) is 1.27. The molecule has 0 spiro atoms. The lowest BCUT2D eigenvalue weighted by Crippen LogP contribution is -2.49. The molecule has 0 atom stereocenters. The van der Waals surface area contributed by atoms with Gasteiger partial charge in [0.1, 0.15) is 0 Å². The molecule has 1 aliphatic rings. The zero-order valence-electron chi connectivity index (χ0n) is 17.6. The number of benzene rings is 2. The minimum atomic E-state index is -3.65. The Morgan fingerprint density at radius 1 is 0.909 bits per heavy atom. The number of anilines is 1. The van der Waals surface area contributed by atoms with Gasteiger partial charge in [0.15, 0.2) is 0 Å². The first kappa shape index (κ1) is 22.8. The van der Waals surface area contributed by atoms with E-state index in [4.69, 9.17) is 10.3 Å². The molecule has 2 heterocycles. The van der Waals surface area contributed by atoms with Gasteiger partial charge in [-0.3, -0.25) is 10.0 Å². The Hall–Kier alpha value is -3.38. The summed E-state index contributed by atoms with van der Waals surface area (Å²) in [6.07, 6.45) is 2.60. The number of piperazine rings is 1. The maximum Gasteiger partial charge on any atom is 0.277 e. The number of hydrogen-bond donors (Lipinski definition) is 3. The van der Waals surface area contributed by atoms with Crippen LogP contribution in [0.3, 0.4) is 0 Å². The van der Waals surface area contributed by atoms with Crippen molar-refractivity contribution in [3.05, 3.63) is 72.1 Å². The predicted molar refractivity (Wildman–Crippen MR) is 120 cm³/mol. The molecule has 33 heavy (non-hydrogen) atoms. The lowest BCUT2D eigenvalue weighted by molar-refractivity contribution is 0.0705. The third kappa shape index (κ3) is 4.86. The molecule has 0 radical (unpaired) electrons. The number of carbonyl (C=O) groups is 1. The minimum Gasteiger partial charge on any atom is -0.392 e. The molecule has 1 aromatic heterocycles. The van der Waals surface area contributed by atoms with Crippen LogP contribution in [0.5, 0.6) is 0 Å². The Morgan fingerprint density at radius 2 is 1.45 bits per heavy atom. The van der Waals surface area contributed by atoms with Crippen molar-refractivity contribution < 1.29 is 23.5 Å². The Bertz CT molecular complexity index is 1210. The number of sulfonamides is 1. The van der Waals surface area contributed by atoms with E-state index in [2.05, 4.69) is 9.97 Å². The van der Waals surface area contributed by atoms with E-state index in [0.717, 1.165) is 16.7 Å². The summed E-state index contributed by atoms with van der Waals surface area (Å²) in [4.78, 5) is 21.7. The minimum absolute atomic E-state index is 0.0248. The van der Waals surface area contributed by atoms with E-state index < -0.39 is 15.9 Å². The number of aliphatic hydroxyl groups excluding tert-OH is 1. The van der Waals surface area contributed by atoms with E-state index in [9.17, 15) is 13.2 Å². The van der Waals surface area contributed by atoms with Crippen molar-refractivity contribution in [1.82, 2.24) is 19.8 Å². The molecule has 1 aliphatic heterocycles. The van der Waals surface area contributed by atoms with Crippen LogP contribution in [0.4, 0.5) is 5.95 Å². The molecular weight excluding hydrogens is 446 g/mol. The fourth-order valence-corrected chi connectivity index (χ4v) is 4.99. The molecule has 1 saturated heterocycles.